The molecule has 0 aliphatic heterocycles. The highest BCUT2D eigenvalue weighted by molar-refractivity contribution is 6.36. The van der Waals surface area contributed by atoms with Crippen LogP contribution in [0.3, 0.4) is 0 Å². The van der Waals surface area contributed by atoms with Crippen molar-refractivity contribution in [2.75, 3.05) is 6.61 Å². The third-order valence-electron chi connectivity index (χ3n) is 3.97. The van der Waals surface area contributed by atoms with Gasteiger partial charge in [0.25, 0.3) is 0 Å². The van der Waals surface area contributed by atoms with Crippen molar-refractivity contribution in [3.8, 4) is 0 Å². The van der Waals surface area contributed by atoms with Gasteiger partial charge in [-0.15, -0.1) is 0 Å². The zero-order valence-electron chi connectivity index (χ0n) is 15.3. The molecule has 1 N–H and O–H groups in total. The lowest BCUT2D eigenvalue weighted by atomic mass is 10.1. The van der Waals surface area contributed by atoms with Gasteiger partial charge in [0.15, 0.2) is 6.10 Å². The van der Waals surface area contributed by atoms with Gasteiger partial charge in [-0.25, -0.2) is 9.59 Å². The molecule has 2 rings (SSSR count). The summed E-state index contributed by atoms with van der Waals surface area (Å²) >= 11 is 11.8. The number of carbonyl (C=O) groups is 3. The van der Waals surface area contributed by atoms with Gasteiger partial charge in [0.05, 0.1) is 28.5 Å². The molecule has 0 aliphatic carbocycles. The average molecular weight is 412 g/mol. The van der Waals surface area contributed by atoms with Crippen LogP contribution in [0.4, 0.5) is 0 Å². The first-order chi connectivity index (χ1) is 12.7. The van der Waals surface area contributed by atoms with Gasteiger partial charge in [-0.2, -0.15) is 0 Å². The van der Waals surface area contributed by atoms with Crippen LogP contribution in [0.15, 0.2) is 18.2 Å². The molecule has 144 valence electrons. The van der Waals surface area contributed by atoms with Crippen LogP contribution < -0.4 is 0 Å². The van der Waals surface area contributed by atoms with Crippen LogP contribution in [0.5, 0.6) is 0 Å². The van der Waals surface area contributed by atoms with Crippen molar-refractivity contribution in [1.82, 2.24) is 4.98 Å². The molecule has 0 bridgehead atoms. The van der Waals surface area contributed by atoms with Crippen molar-refractivity contribution < 1.29 is 23.9 Å². The summed E-state index contributed by atoms with van der Waals surface area (Å²) in [5.41, 5.74) is 1.56. The molecule has 27 heavy (non-hydrogen) atoms. The summed E-state index contributed by atoms with van der Waals surface area (Å²) in [7, 11) is 0. The van der Waals surface area contributed by atoms with Crippen LogP contribution >= 0.6 is 23.2 Å². The van der Waals surface area contributed by atoms with Crippen molar-refractivity contribution in [3.63, 3.8) is 0 Å². The molecule has 1 aromatic carbocycles. The Balaban J connectivity index is 2.21. The highest BCUT2D eigenvalue weighted by Gasteiger charge is 2.28. The normalized spacial score (nSPS) is 11.8. The first-order valence-electron chi connectivity index (χ1n) is 8.23. The standard InChI is InChI=1S/C19H19Cl2NO5/c1-5-26-19(25)15-9(2)16(22-10(15)3)17(23)11(4)27-18(24)13-7-6-12(20)8-14(13)21/h6-8,11,22H,5H2,1-4H3/t11-/m1/s1. The van der Waals surface area contributed by atoms with Gasteiger partial charge in [-0.1, -0.05) is 23.2 Å². The number of rotatable bonds is 6. The maximum absolute atomic E-state index is 12.7. The van der Waals surface area contributed by atoms with Crippen molar-refractivity contribution in [2.45, 2.75) is 33.8 Å². The molecule has 1 atom stereocenters. The number of esters is 2. The molecule has 1 heterocycles. The zero-order chi connectivity index (χ0) is 20.3. The summed E-state index contributed by atoms with van der Waals surface area (Å²) in [5.74, 6) is -1.73. The molecule has 0 saturated heterocycles. The first kappa shape index (κ1) is 21.0. The Morgan fingerprint density at radius 2 is 1.81 bits per heavy atom. The average Bonchev–Trinajstić information content (AvgIpc) is 2.88. The van der Waals surface area contributed by atoms with E-state index in [-0.39, 0.29) is 22.9 Å². The monoisotopic (exact) mass is 411 g/mol. The van der Waals surface area contributed by atoms with Gasteiger partial charge in [-0.3, -0.25) is 4.79 Å². The predicted molar refractivity (Wildman–Crippen MR) is 102 cm³/mol. The van der Waals surface area contributed by atoms with E-state index < -0.39 is 23.8 Å². The molecule has 0 fully saturated rings. The van der Waals surface area contributed by atoms with Crippen LogP contribution in [0.1, 0.15) is 56.3 Å². The second-order valence-corrected chi connectivity index (χ2v) is 6.73. The molecule has 2 aromatic rings. The summed E-state index contributed by atoms with van der Waals surface area (Å²) in [5, 5.41) is 0.508. The minimum Gasteiger partial charge on any atom is -0.462 e. The van der Waals surface area contributed by atoms with E-state index in [1.165, 1.54) is 25.1 Å². The molecule has 6 nitrogen and oxygen atoms in total. The molecule has 1 aromatic heterocycles. The van der Waals surface area contributed by atoms with Crippen LogP contribution in [0.2, 0.25) is 10.0 Å². The van der Waals surface area contributed by atoms with Gasteiger partial charge >= 0.3 is 11.9 Å². The quantitative estimate of drug-likeness (QED) is 0.556. The number of ether oxygens (including phenoxy) is 2. The molecular weight excluding hydrogens is 393 g/mol. The number of hydrogen-bond donors (Lipinski definition) is 1. The lowest BCUT2D eigenvalue weighted by molar-refractivity contribution is 0.0317. The van der Waals surface area contributed by atoms with Crippen LogP contribution in [0.25, 0.3) is 0 Å². The third-order valence-corrected chi connectivity index (χ3v) is 4.52. The molecule has 0 amide bonds. The summed E-state index contributed by atoms with van der Waals surface area (Å²) in [6.07, 6.45) is -1.09. The Hall–Kier alpha value is -2.31. The van der Waals surface area contributed by atoms with Gasteiger partial charge < -0.3 is 14.5 Å². The Bertz CT molecular complexity index is 904. The van der Waals surface area contributed by atoms with E-state index in [0.717, 1.165) is 0 Å². The maximum atomic E-state index is 12.7. The topological polar surface area (TPSA) is 85.5 Å². The smallest absolute Gasteiger partial charge is 0.340 e. The summed E-state index contributed by atoms with van der Waals surface area (Å²) in [6, 6.07) is 4.34. The summed E-state index contributed by atoms with van der Waals surface area (Å²) < 4.78 is 10.2. The minimum atomic E-state index is -1.09. The van der Waals surface area contributed by atoms with Gasteiger partial charge in [0.2, 0.25) is 5.78 Å². The van der Waals surface area contributed by atoms with Gasteiger partial charge in [-0.05, 0) is 51.5 Å². The second-order valence-electron chi connectivity index (χ2n) is 5.88. The van der Waals surface area contributed by atoms with Crippen LogP contribution in [-0.4, -0.2) is 35.4 Å². The number of halogens is 2. The van der Waals surface area contributed by atoms with E-state index >= 15 is 0 Å². The number of carbonyl (C=O) groups excluding carboxylic acids is 3. The van der Waals surface area contributed by atoms with Crippen molar-refractivity contribution in [3.05, 3.63) is 56.3 Å². The minimum absolute atomic E-state index is 0.104. The second kappa shape index (κ2) is 8.59. The number of Topliss-reactive ketones (excluding diaryl/α,β-unsaturated/α-hetero) is 1. The van der Waals surface area contributed by atoms with Crippen molar-refractivity contribution in [1.29, 1.82) is 0 Å². The highest BCUT2D eigenvalue weighted by atomic mass is 35.5. The highest BCUT2D eigenvalue weighted by Crippen LogP contribution is 2.24. The lowest BCUT2D eigenvalue weighted by Gasteiger charge is -2.13. The molecule has 0 radical (unpaired) electrons. The molecule has 0 saturated carbocycles. The van der Waals surface area contributed by atoms with E-state index in [0.29, 0.717) is 21.8 Å². The van der Waals surface area contributed by atoms with Crippen molar-refractivity contribution in [2.24, 2.45) is 0 Å². The molecule has 8 heteroatoms. The third kappa shape index (κ3) is 4.51. The number of H-pyrrole nitrogens is 1. The number of aromatic amines is 1. The fraction of sp³-hybridized carbons (Fsp3) is 0.316. The van der Waals surface area contributed by atoms with E-state index in [1.54, 1.807) is 20.8 Å². The van der Waals surface area contributed by atoms with E-state index in [1.807, 2.05) is 0 Å². The van der Waals surface area contributed by atoms with Crippen molar-refractivity contribution >= 4 is 40.9 Å². The molecular formula is C19H19Cl2NO5. The van der Waals surface area contributed by atoms with E-state index in [2.05, 4.69) is 4.98 Å². The zero-order valence-corrected chi connectivity index (χ0v) is 16.8. The number of benzene rings is 1. The van der Waals surface area contributed by atoms with E-state index in [4.69, 9.17) is 32.7 Å². The lowest BCUT2D eigenvalue weighted by Crippen LogP contribution is -2.25. The first-order valence-corrected chi connectivity index (χ1v) is 8.99. The van der Waals surface area contributed by atoms with Gasteiger partial charge in [0, 0.05) is 10.7 Å². The Labute approximate surface area is 166 Å². The fourth-order valence-electron chi connectivity index (χ4n) is 2.64. The summed E-state index contributed by atoms with van der Waals surface area (Å²) in [4.78, 5) is 39.9. The summed E-state index contributed by atoms with van der Waals surface area (Å²) in [6.45, 7) is 6.67. The number of ketones is 1. The fourth-order valence-corrected chi connectivity index (χ4v) is 3.13. The Morgan fingerprint density at radius 1 is 1.15 bits per heavy atom. The Kier molecular flexibility index (Phi) is 6.68. The van der Waals surface area contributed by atoms with Crippen LogP contribution in [0, 0.1) is 13.8 Å². The SMILES string of the molecule is CCOC(=O)c1c(C)[nH]c(C(=O)[C@@H](C)OC(=O)c2ccc(Cl)cc2Cl)c1C. The maximum Gasteiger partial charge on any atom is 0.340 e. The predicted octanol–water partition coefficient (Wildman–Crippen LogP) is 4.54. The number of nitrogens with one attached hydrogen (secondary N) is 1. The number of aryl methyl sites for hydroxylation is 1. The Morgan fingerprint density at radius 3 is 2.41 bits per heavy atom. The van der Waals surface area contributed by atoms with E-state index in [9.17, 15) is 14.4 Å². The van der Waals surface area contributed by atoms with Crippen LogP contribution in [-0.2, 0) is 9.47 Å². The van der Waals surface area contributed by atoms with Gasteiger partial charge in [0.1, 0.15) is 0 Å². The largest absolute Gasteiger partial charge is 0.462 e. The number of aromatic nitrogens is 1. The molecule has 0 aliphatic rings. The number of hydrogen-bond acceptors (Lipinski definition) is 5. The molecule has 0 spiro atoms. The molecule has 0 unspecified atom stereocenters.